The van der Waals surface area contributed by atoms with Crippen LogP contribution in [0.2, 0.25) is 0 Å². The largest absolute Gasteiger partial charge is 0.397 e. The number of allylic oxidation sites excluding steroid dienone is 1. The highest BCUT2D eigenvalue weighted by atomic mass is 15.0. The molecule has 0 saturated heterocycles. The molecule has 0 aromatic carbocycles. The molecule has 0 saturated carbocycles. The Morgan fingerprint density at radius 3 is 3.36 bits per heavy atom. The van der Waals surface area contributed by atoms with Crippen LogP contribution < -0.4 is 11.1 Å². The zero-order chi connectivity index (χ0) is 7.68. The molecule has 1 aliphatic heterocycles. The summed E-state index contributed by atoms with van der Waals surface area (Å²) in [5, 5.41) is 3.22. The van der Waals surface area contributed by atoms with Gasteiger partial charge in [0.15, 0.2) is 0 Å². The first-order chi connectivity index (χ1) is 5.38. The number of fused-ring (bicyclic) bond motifs is 1. The van der Waals surface area contributed by atoms with Crippen molar-refractivity contribution in [1.29, 1.82) is 0 Å². The standard InChI is InChI=1S/C8H11N3/c9-6-2-1-3-7-8(6)11-5-4-10-7/h1-2,4,7,11H,3,5,9H2/t7-/m0/s1. The van der Waals surface area contributed by atoms with E-state index >= 15 is 0 Å². The van der Waals surface area contributed by atoms with Gasteiger partial charge in [0.2, 0.25) is 0 Å². The van der Waals surface area contributed by atoms with Gasteiger partial charge in [-0.05, 0) is 12.5 Å². The van der Waals surface area contributed by atoms with Crippen LogP contribution in [0.5, 0.6) is 0 Å². The quantitative estimate of drug-likeness (QED) is 0.515. The summed E-state index contributed by atoms with van der Waals surface area (Å²) in [5.74, 6) is 0. The maximum atomic E-state index is 5.75. The van der Waals surface area contributed by atoms with E-state index in [9.17, 15) is 0 Å². The van der Waals surface area contributed by atoms with Crippen LogP contribution in [0.4, 0.5) is 0 Å². The lowest BCUT2D eigenvalue weighted by molar-refractivity contribution is 0.668. The molecule has 0 bridgehead atoms. The second kappa shape index (κ2) is 2.42. The van der Waals surface area contributed by atoms with Gasteiger partial charge in [0, 0.05) is 12.8 Å². The van der Waals surface area contributed by atoms with Crippen molar-refractivity contribution in [3.05, 3.63) is 23.5 Å². The molecule has 0 radical (unpaired) electrons. The number of nitrogens with two attached hydrogens (primary N) is 1. The summed E-state index contributed by atoms with van der Waals surface area (Å²) < 4.78 is 0. The predicted molar refractivity (Wildman–Crippen MR) is 45.3 cm³/mol. The Hall–Kier alpha value is -1.25. The lowest BCUT2D eigenvalue weighted by Gasteiger charge is -2.24. The van der Waals surface area contributed by atoms with Gasteiger partial charge in [-0.2, -0.15) is 0 Å². The molecule has 1 aliphatic carbocycles. The van der Waals surface area contributed by atoms with E-state index in [4.69, 9.17) is 5.73 Å². The van der Waals surface area contributed by atoms with Crippen LogP contribution >= 0.6 is 0 Å². The Labute approximate surface area is 65.7 Å². The number of rotatable bonds is 0. The van der Waals surface area contributed by atoms with E-state index in [1.807, 2.05) is 12.3 Å². The summed E-state index contributed by atoms with van der Waals surface area (Å²) in [7, 11) is 0. The normalized spacial score (nSPS) is 28.2. The van der Waals surface area contributed by atoms with Gasteiger partial charge in [-0.15, -0.1) is 0 Å². The van der Waals surface area contributed by atoms with Gasteiger partial charge in [0.25, 0.3) is 0 Å². The van der Waals surface area contributed by atoms with Crippen molar-refractivity contribution in [2.45, 2.75) is 12.5 Å². The van der Waals surface area contributed by atoms with Gasteiger partial charge in [0.1, 0.15) is 0 Å². The molecule has 1 heterocycles. The first-order valence-electron chi connectivity index (χ1n) is 3.79. The third kappa shape index (κ3) is 1.02. The number of hydrogen-bond acceptors (Lipinski definition) is 3. The van der Waals surface area contributed by atoms with Gasteiger partial charge in [-0.25, -0.2) is 0 Å². The molecule has 0 aromatic heterocycles. The lowest BCUT2D eigenvalue weighted by Crippen LogP contribution is -2.33. The minimum atomic E-state index is 0.258. The van der Waals surface area contributed by atoms with Crippen LogP contribution in [0, 0.1) is 0 Å². The molecule has 3 heteroatoms. The maximum Gasteiger partial charge on any atom is 0.0946 e. The number of nitrogens with one attached hydrogen (secondary N) is 1. The molecule has 2 rings (SSSR count). The summed E-state index contributed by atoms with van der Waals surface area (Å²) in [6.45, 7) is 0.806. The number of aliphatic imine (C=N–C) groups is 1. The van der Waals surface area contributed by atoms with Gasteiger partial charge >= 0.3 is 0 Å². The van der Waals surface area contributed by atoms with E-state index in [0.717, 1.165) is 24.4 Å². The second-order valence-electron chi connectivity index (χ2n) is 2.74. The molecule has 0 unspecified atom stereocenters. The van der Waals surface area contributed by atoms with Crippen LogP contribution in [0.15, 0.2) is 28.5 Å². The summed E-state index contributed by atoms with van der Waals surface area (Å²) in [4.78, 5) is 4.33. The smallest absolute Gasteiger partial charge is 0.0946 e. The van der Waals surface area contributed by atoms with E-state index in [0.29, 0.717) is 0 Å². The highest BCUT2D eigenvalue weighted by molar-refractivity contribution is 5.63. The first-order valence-corrected chi connectivity index (χ1v) is 3.79. The van der Waals surface area contributed by atoms with Crippen molar-refractivity contribution in [2.75, 3.05) is 6.54 Å². The van der Waals surface area contributed by atoms with Crippen molar-refractivity contribution >= 4 is 6.21 Å². The van der Waals surface area contributed by atoms with Crippen molar-refractivity contribution < 1.29 is 0 Å². The first kappa shape index (κ1) is 6.46. The maximum absolute atomic E-state index is 5.75. The van der Waals surface area contributed by atoms with Crippen molar-refractivity contribution in [1.82, 2.24) is 5.32 Å². The SMILES string of the molecule is NC1=C2NCC=N[C@H]2CC=C1. The Balaban J connectivity index is 2.35. The molecule has 0 aromatic rings. The fourth-order valence-electron chi connectivity index (χ4n) is 1.41. The third-order valence-corrected chi connectivity index (χ3v) is 1.97. The molecule has 11 heavy (non-hydrogen) atoms. The molecule has 0 spiro atoms. The Kier molecular flexibility index (Phi) is 1.42. The van der Waals surface area contributed by atoms with Gasteiger partial charge in [-0.1, -0.05) is 6.08 Å². The van der Waals surface area contributed by atoms with E-state index < -0.39 is 0 Å². The Morgan fingerprint density at radius 2 is 2.55 bits per heavy atom. The van der Waals surface area contributed by atoms with Crippen LogP contribution in [0.25, 0.3) is 0 Å². The molecule has 0 fully saturated rings. The summed E-state index contributed by atoms with van der Waals surface area (Å²) in [6.07, 6.45) is 6.88. The second-order valence-corrected chi connectivity index (χ2v) is 2.74. The Bertz CT molecular complexity index is 250. The zero-order valence-corrected chi connectivity index (χ0v) is 6.25. The summed E-state index contributed by atoms with van der Waals surface area (Å²) in [5.41, 5.74) is 7.67. The van der Waals surface area contributed by atoms with E-state index in [-0.39, 0.29) is 6.04 Å². The average molecular weight is 149 g/mol. The van der Waals surface area contributed by atoms with E-state index in [1.165, 1.54) is 0 Å². The van der Waals surface area contributed by atoms with Crippen LogP contribution in [-0.2, 0) is 0 Å². The molecule has 3 nitrogen and oxygen atoms in total. The number of nitrogens with zero attached hydrogens (tertiary/aromatic N) is 1. The molecular formula is C8H11N3. The molecule has 1 atom stereocenters. The van der Waals surface area contributed by atoms with Gasteiger partial charge < -0.3 is 11.1 Å². The monoisotopic (exact) mass is 149 g/mol. The highest BCUT2D eigenvalue weighted by Gasteiger charge is 2.18. The third-order valence-electron chi connectivity index (χ3n) is 1.97. The van der Waals surface area contributed by atoms with Gasteiger partial charge in [0.05, 0.1) is 17.4 Å². The average Bonchev–Trinajstić information content (AvgIpc) is 2.06. The van der Waals surface area contributed by atoms with Gasteiger partial charge in [-0.3, -0.25) is 4.99 Å². The highest BCUT2D eigenvalue weighted by Crippen LogP contribution is 2.18. The summed E-state index contributed by atoms with van der Waals surface area (Å²) in [6, 6.07) is 0.258. The fourth-order valence-corrected chi connectivity index (χ4v) is 1.41. The molecule has 0 amide bonds. The minimum absolute atomic E-state index is 0.258. The predicted octanol–water partition coefficient (Wildman–Crippen LogP) is 0.159. The summed E-state index contributed by atoms with van der Waals surface area (Å²) >= 11 is 0. The van der Waals surface area contributed by atoms with Crippen LogP contribution in [-0.4, -0.2) is 18.8 Å². The lowest BCUT2D eigenvalue weighted by atomic mass is 10.0. The zero-order valence-electron chi connectivity index (χ0n) is 6.25. The molecule has 3 N–H and O–H groups in total. The number of hydrogen-bond donors (Lipinski definition) is 2. The topological polar surface area (TPSA) is 50.4 Å². The molecule has 2 aliphatic rings. The Morgan fingerprint density at radius 1 is 1.64 bits per heavy atom. The van der Waals surface area contributed by atoms with Crippen molar-refractivity contribution in [3.63, 3.8) is 0 Å². The van der Waals surface area contributed by atoms with Crippen LogP contribution in [0.1, 0.15) is 6.42 Å². The van der Waals surface area contributed by atoms with E-state index in [2.05, 4.69) is 16.4 Å². The molecular weight excluding hydrogens is 138 g/mol. The van der Waals surface area contributed by atoms with Crippen LogP contribution in [0.3, 0.4) is 0 Å². The fraction of sp³-hybridized carbons (Fsp3) is 0.375. The minimum Gasteiger partial charge on any atom is -0.397 e. The van der Waals surface area contributed by atoms with Crippen molar-refractivity contribution in [3.8, 4) is 0 Å². The van der Waals surface area contributed by atoms with E-state index in [1.54, 1.807) is 0 Å². The van der Waals surface area contributed by atoms with Crippen molar-refractivity contribution in [2.24, 2.45) is 10.7 Å². The molecule has 58 valence electrons.